The maximum absolute atomic E-state index is 11.6. The normalized spacial score (nSPS) is 12.7. The molecule has 0 saturated carbocycles. The zero-order chi connectivity index (χ0) is 8.74. The third-order valence-corrected chi connectivity index (χ3v) is 3.99. The first-order valence-corrected chi connectivity index (χ1v) is 5.08. The Morgan fingerprint density at radius 2 is 1.64 bits per heavy atom. The molecular formula is C6H13FO3Si. The van der Waals surface area contributed by atoms with E-state index in [1.165, 1.54) is 27.4 Å². The van der Waals surface area contributed by atoms with Crippen molar-refractivity contribution in [1.82, 2.24) is 0 Å². The van der Waals surface area contributed by atoms with Crippen molar-refractivity contribution in [2.75, 3.05) is 21.3 Å². The summed E-state index contributed by atoms with van der Waals surface area (Å²) in [6, 6.07) is 0.354. The highest BCUT2D eigenvalue weighted by Gasteiger charge is 2.36. The summed E-state index contributed by atoms with van der Waals surface area (Å²) < 4.78 is 26.7. The van der Waals surface area contributed by atoms with Crippen LogP contribution in [-0.4, -0.2) is 30.1 Å². The Bertz CT molecular complexity index is 117. The summed E-state index contributed by atoms with van der Waals surface area (Å²) in [6.07, 6.45) is 1.78. The van der Waals surface area contributed by atoms with Gasteiger partial charge in [-0.15, -0.1) is 0 Å². The van der Waals surface area contributed by atoms with Crippen LogP contribution in [0.1, 0.15) is 0 Å². The average molecular weight is 180 g/mol. The molecule has 0 aliphatic carbocycles. The van der Waals surface area contributed by atoms with Gasteiger partial charge in [0.2, 0.25) is 0 Å². The summed E-state index contributed by atoms with van der Waals surface area (Å²) in [5, 5.41) is 0. The lowest BCUT2D eigenvalue weighted by molar-refractivity contribution is 0.127. The van der Waals surface area contributed by atoms with E-state index in [4.69, 9.17) is 13.3 Å². The quantitative estimate of drug-likeness (QED) is 0.598. The second-order valence-electron chi connectivity index (χ2n) is 1.86. The summed E-state index contributed by atoms with van der Waals surface area (Å²) in [5.41, 5.74) is 0. The molecule has 0 heterocycles. The molecule has 0 spiro atoms. The third-order valence-electron chi connectivity index (χ3n) is 1.39. The van der Waals surface area contributed by atoms with Crippen LogP contribution in [0.2, 0.25) is 6.04 Å². The van der Waals surface area contributed by atoms with Gasteiger partial charge in [-0.1, -0.05) is 6.08 Å². The van der Waals surface area contributed by atoms with Gasteiger partial charge in [-0.05, 0) is 0 Å². The van der Waals surface area contributed by atoms with Crippen molar-refractivity contribution >= 4 is 8.80 Å². The van der Waals surface area contributed by atoms with Gasteiger partial charge in [-0.3, -0.25) is 0 Å². The Balaban J connectivity index is 4.04. The lowest BCUT2D eigenvalue weighted by Gasteiger charge is -2.22. The van der Waals surface area contributed by atoms with Crippen LogP contribution in [0.5, 0.6) is 0 Å². The smallest absolute Gasteiger partial charge is 0.377 e. The summed E-state index contributed by atoms with van der Waals surface area (Å²) in [5.74, 6) is 0. The van der Waals surface area contributed by atoms with Crippen LogP contribution in [0, 0.1) is 0 Å². The van der Waals surface area contributed by atoms with E-state index in [0.29, 0.717) is 12.4 Å². The first-order chi connectivity index (χ1) is 5.24. The van der Waals surface area contributed by atoms with Gasteiger partial charge < -0.3 is 13.3 Å². The van der Waals surface area contributed by atoms with Gasteiger partial charge in [0.05, 0.1) is 6.33 Å². The highest BCUT2D eigenvalue weighted by atomic mass is 28.4. The Kier molecular flexibility index (Phi) is 5.31. The molecule has 66 valence electrons. The standard InChI is InChI=1S/C6H13FO3Si/c1-8-11(9-2,10-3)6-4-5-7/h4-5H,6H2,1-3H3/b5-4+. The molecule has 0 aliphatic rings. The van der Waals surface area contributed by atoms with Gasteiger partial charge in [-0.2, -0.15) is 0 Å². The second kappa shape index (κ2) is 5.42. The molecule has 0 amide bonds. The van der Waals surface area contributed by atoms with Crippen molar-refractivity contribution in [1.29, 1.82) is 0 Å². The molecule has 0 aromatic heterocycles. The first kappa shape index (κ1) is 10.8. The Morgan fingerprint density at radius 1 is 1.18 bits per heavy atom. The maximum atomic E-state index is 11.6. The van der Waals surface area contributed by atoms with Crippen molar-refractivity contribution in [2.45, 2.75) is 6.04 Å². The molecule has 0 atom stereocenters. The fraction of sp³-hybridized carbons (Fsp3) is 0.667. The maximum Gasteiger partial charge on any atom is 0.504 e. The fourth-order valence-corrected chi connectivity index (χ4v) is 2.07. The van der Waals surface area contributed by atoms with Gasteiger partial charge >= 0.3 is 8.80 Å². The predicted octanol–water partition coefficient (Wildman–Crippen LogP) is 1.35. The van der Waals surface area contributed by atoms with Crippen molar-refractivity contribution in [3.05, 3.63) is 12.4 Å². The van der Waals surface area contributed by atoms with Crippen molar-refractivity contribution in [3.8, 4) is 0 Å². The monoisotopic (exact) mass is 180 g/mol. The van der Waals surface area contributed by atoms with Crippen molar-refractivity contribution in [3.63, 3.8) is 0 Å². The molecule has 0 saturated heterocycles. The number of allylic oxidation sites excluding steroid dienone is 1. The van der Waals surface area contributed by atoms with E-state index in [9.17, 15) is 4.39 Å². The van der Waals surface area contributed by atoms with Crippen LogP contribution in [0.15, 0.2) is 12.4 Å². The molecule has 3 nitrogen and oxygen atoms in total. The van der Waals surface area contributed by atoms with Crippen LogP contribution < -0.4 is 0 Å². The largest absolute Gasteiger partial charge is 0.504 e. The molecular weight excluding hydrogens is 167 g/mol. The van der Waals surface area contributed by atoms with Crippen LogP contribution in [0.3, 0.4) is 0 Å². The number of hydrogen-bond donors (Lipinski definition) is 0. The summed E-state index contributed by atoms with van der Waals surface area (Å²) >= 11 is 0. The van der Waals surface area contributed by atoms with E-state index < -0.39 is 8.80 Å². The lowest BCUT2D eigenvalue weighted by Crippen LogP contribution is -2.42. The molecule has 0 N–H and O–H groups in total. The van der Waals surface area contributed by atoms with Gasteiger partial charge in [0.25, 0.3) is 0 Å². The Hall–Kier alpha value is -0.233. The minimum atomic E-state index is -2.57. The average Bonchev–Trinajstić information content (AvgIpc) is 2.08. The Labute approximate surface area is 67.1 Å². The molecule has 0 aromatic rings. The molecule has 0 rings (SSSR count). The minimum Gasteiger partial charge on any atom is -0.377 e. The molecule has 0 fully saturated rings. The molecule has 0 aromatic carbocycles. The predicted molar refractivity (Wildman–Crippen MR) is 41.8 cm³/mol. The summed E-state index contributed by atoms with van der Waals surface area (Å²) in [6.45, 7) is 0. The highest BCUT2D eigenvalue weighted by molar-refractivity contribution is 6.61. The molecule has 11 heavy (non-hydrogen) atoms. The van der Waals surface area contributed by atoms with Gasteiger partial charge in [-0.25, -0.2) is 4.39 Å². The summed E-state index contributed by atoms with van der Waals surface area (Å²) in [7, 11) is 1.91. The zero-order valence-electron chi connectivity index (χ0n) is 6.96. The lowest BCUT2D eigenvalue weighted by atomic mass is 10.7. The number of rotatable bonds is 5. The molecule has 0 radical (unpaired) electrons. The molecule has 0 unspecified atom stereocenters. The van der Waals surface area contributed by atoms with E-state index >= 15 is 0 Å². The van der Waals surface area contributed by atoms with E-state index in [-0.39, 0.29) is 0 Å². The Morgan fingerprint density at radius 3 is 1.91 bits per heavy atom. The first-order valence-electron chi connectivity index (χ1n) is 3.15. The van der Waals surface area contributed by atoms with Gasteiger partial charge in [0, 0.05) is 27.4 Å². The van der Waals surface area contributed by atoms with Crippen molar-refractivity contribution in [2.24, 2.45) is 0 Å². The topological polar surface area (TPSA) is 27.7 Å². The fourth-order valence-electron chi connectivity index (χ4n) is 0.689. The number of halogens is 1. The van der Waals surface area contributed by atoms with E-state index in [1.807, 2.05) is 0 Å². The molecule has 0 aliphatic heterocycles. The molecule has 0 bridgehead atoms. The van der Waals surface area contributed by atoms with E-state index in [1.54, 1.807) is 0 Å². The van der Waals surface area contributed by atoms with Crippen LogP contribution in [-0.2, 0) is 13.3 Å². The second-order valence-corrected chi connectivity index (χ2v) is 4.86. The third kappa shape index (κ3) is 3.11. The highest BCUT2D eigenvalue weighted by Crippen LogP contribution is 2.12. The number of hydrogen-bond acceptors (Lipinski definition) is 3. The van der Waals surface area contributed by atoms with Crippen LogP contribution >= 0.6 is 0 Å². The van der Waals surface area contributed by atoms with E-state index in [2.05, 4.69) is 0 Å². The minimum absolute atomic E-state index is 0.354. The SMILES string of the molecule is CO[Si](C/C=C/F)(OC)OC. The van der Waals surface area contributed by atoms with Crippen molar-refractivity contribution < 1.29 is 17.7 Å². The van der Waals surface area contributed by atoms with E-state index in [0.717, 1.165) is 0 Å². The molecule has 5 heteroatoms. The van der Waals surface area contributed by atoms with Crippen LogP contribution in [0.25, 0.3) is 0 Å². The van der Waals surface area contributed by atoms with Gasteiger partial charge in [0.1, 0.15) is 0 Å². The zero-order valence-corrected chi connectivity index (χ0v) is 7.96. The van der Waals surface area contributed by atoms with Crippen LogP contribution in [0.4, 0.5) is 4.39 Å². The summed E-state index contributed by atoms with van der Waals surface area (Å²) in [4.78, 5) is 0. The van der Waals surface area contributed by atoms with Gasteiger partial charge in [0.15, 0.2) is 0 Å².